The first kappa shape index (κ1) is 13.1. The number of ether oxygens (including phenoxy) is 1. The lowest BCUT2D eigenvalue weighted by atomic mass is 9.77. The molecule has 0 atom stereocenters. The van der Waals surface area contributed by atoms with Crippen molar-refractivity contribution in [2.45, 2.75) is 26.1 Å². The summed E-state index contributed by atoms with van der Waals surface area (Å²) in [5.74, 6) is -0.451. The number of carbonyl (C=O) groups is 1. The van der Waals surface area contributed by atoms with Crippen molar-refractivity contribution >= 4 is 18.6 Å². The van der Waals surface area contributed by atoms with Crippen LogP contribution >= 0.6 is 0 Å². The smallest absolute Gasteiger partial charge is 0.460 e. The highest BCUT2D eigenvalue weighted by Gasteiger charge is 2.40. The first-order valence-electron chi connectivity index (χ1n) is 5.79. The molecule has 6 heteroatoms. The van der Waals surface area contributed by atoms with Gasteiger partial charge in [0.05, 0.1) is 12.1 Å². The summed E-state index contributed by atoms with van der Waals surface area (Å²) in [4.78, 5) is 11.0. The Kier molecular flexibility index (Phi) is 3.43. The minimum Gasteiger partial charge on any atom is -0.460 e. The van der Waals surface area contributed by atoms with Gasteiger partial charge in [-0.15, -0.1) is 0 Å². The number of carbonyl (C=O) groups excluding carboxylic acids is 1. The van der Waals surface area contributed by atoms with Gasteiger partial charge in [0.2, 0.25) is 0 Å². The van der Waals surface area contributed by atoms with Crippen LogP contribution in [0.3, 0.4) is 0 Å². The van der Waals surface area contributed by atoms with Gasteiger partial charge in [-0.05, 0) is 30.4 Å². The lowest BCUT2D eigenvalue weighted by Crippen LogP contribution is -2.29. The molecule has 5 nitrogen and oxygen atoms in total. The molecule has 0 aliphatic carbocycles. The minimum absolute atomic E-state index is 0.135. The third-order valence-corrected chi connectivity index (χ3v) is 3.00. The Morgan fingerprint density at radius 2 is 2.28 bits per heavy atom. The van der Waals surface area contributed by atoms with Gasteiger partial charge in [0.15, 0.2) is 0 Å². The Morgan fingerprint density at radius 3 is 2.94 bits per heavy atom. The molecule has 96 valence electrons. The first-order valence-corrected chi connectivity index (χ1v) is 5.79. The van der Waals surface area contributed by atoms with Crippen LogP contribution in [0.5, 0.6) is 0 Å². The molecule has 3 N–H and O–H groups in total. The van der Waals surface area contributed by atoms with Crippen molar-refractivity contribution in [2.24, 2.45) is 5.73 Å². The van der Waals surface area contributed by atoms with Crippen LogP contribution < -0.4 is 11.2 Å². The van der Waals surface area contributed by atoms with Gasteiger partial charge in [-0.2, -0.15) is 0 Å². The second-order valence-corrected chi connectivity index (χ2v) is 4.77. The molecule has 2 rings (SSSR count). The Labute approximate surface area is 106 Å². The third kappa shape index (κ3) is 2.41. The van der Waals surface area contributed by atoms with E-state index < -0.39 is 18.7 Å². The second-order valence-electron chi connectivity index (χ2n) is 4.77. The zero-order valence-corrected chi connectivity index (χ0v) is 10.5. The van der Waals surface area contributed by atoms with E-state index >= 15 is 0 Å². The van der Waals surface area contributed by atoms with E-state index in [1.165, 1.54) is 0 Å². The Hall–Kier alpha value is -1.37. The average Bonchev–Trinajstić information content (AvgIpc) is 2.56. The highest BCUT2D eigenvalue weighted by molar-refractivity contribution is 6.62. The maximum atomic E-state index is 11.0. The normalized spacial score (nSPS) is 16.6. The Bertz CT molecular complexity index is 475. The number of benzene rings is 1. The second kappa shape index (κ2) is 4.72. The van der Waals surface area contributed by atoms with Gasteiger partial charge in [-0.25, -0.2) is 0 Å². The van der Waals surface area contributed by atoms with Crippen LogP contribution in [-0.4, -0.2) is 24.7 Å². The topological polar surface area (TPSA) is 81.8 Å². The van der Waals surface area contributed by atoms with E-state index in [4.69, 9.17) is 15.1 Å². The highest BCUT2D eigenvalue weighted by Crippen LogP contribution is 2.29. The largest absolute Gasteiger partial charge is 0.492 e. The minimum atomic E-state index is -0.930. The molecule has 0 aromatic heterocycles. The number of hydrogen-bond donors (Lipinski definition) is 2. The highest BCUT2D eigenvalue weighted by atomic mass is 16.5. The maximum absolute atomic E-state index is 11.0. The quantitative estimate of drug-likeness (QED) is 0.564. The molecule has 1 heterocycles. The van der Waals surface area contributed by atoms with Gasteiger partial charge in [-0.1, -0.05) is 18.2 Å². The molecule has 0 amide bonds. The number of rotatable bonds is 3. The summed E-state index contributed by atoms with van der Waals surface area (Å²) < 4.78 is 10.4. The Morgan fingerprint density at radius 1 is 1.56 bits per heavy atom. The predicted octanol–water partition coefficient (Wildman–Crippen LogP) is -0.359. The van der Waals surface area contributed by atoms with Crippen molar-refractivity contribution in [3.8, 4) is 0 Å². The SMILES string of the molecule is CC1(C)OB(O)c2cc(COC(=O)CN)ccc21. The fraction of sp³-hybridized carbons (Fsp3) is 0.417. The molecule has 1 aromatic carbocycles. The van der Waals surface area contributed by atoms with Gasteiger partial charge in [0.25, 0.3) is 0 Å². The molecule has 0 saturated heterocycles. The Balaban J connectivity index is 2.18. The molecule has 0 unspecified atom stereocenters. The van der Waals surface area contributed by atoms with E-state index in [1.54, 1.807) is 6.07 Å². The molecular formula is C12H16BNO4. The number of hydrogen-bond acceptors (Lipinski definition) is 5. The average molecular weight is 249 g/mol. The van der Waals surface area contributed by atoms with Crippen molar-refractivity contribution < 1.29 is 19.2 Å². The van der Waals surface area contributed by atoms with E-state index in [0.29, 0.717) is 0 Å². The van der Waals surface area contributed by atoms with E-state index in [0.717, 1.165) is 16.6 Å². The summed E-state index contributed by atoms with van der Waals surface area (Å²) in [6, 6.07) is 5.53. The zero-order valence-electron chi connectivity index (χ0n) is 10.5. The number of esters is 1. The summed E-state index contributed by atoms with van der Waals surface area (Å²) in [7, 11) is -0.930. The van der Waals surface area contributed by atoms with Crippen molar-refractivity contribution in [3.63, 3.8) is 0 Å². The lowest BCUT2D eigenvalue weighted by Gasteiger charge is -2.19. The maximum Gasteiger partial charge on any atom is 0.492 e. The van der Waals surface area contributed by atoms with Gasteiger partial charge >= 0.3 is 13.1 Å². The van der Waals surface area contributed by atoms with Crippen molar-refractivity contribution in [3.05, 3.63) is 29.3 Å². The van der Waals surface area contributed by atoms with Gasteiger partial charge in [0, 0.05) is 0 Å². The summed E-state index contributed by atoms with van der Waals surface area (Å²) in [6.45, 7) is 3.81. The standard InChI is InChI=1S/C12H16BNO4/c1-12(2)9-4-3-8(7-17-11(15)6-14)5-10(9)13(16)18-12/h3-5,16H,6-7,14H2,1-2H3. The lowest BCUT2D eigenvalue weighted by molar-refractivity contribution is -0.143. The van der Waals surface area contributed by atoms with Crippen LogP contribution in [0.2, 0.25) is 0 Å². The van der Waals surface area contributed by atoms with Crippen LogP contribution in [0.25, 0.3) is 0 Å². The molecule has 0 bridgehead atoms. The van der Waals surface area contributed by atoms with Crippen molar-refractivity contribution in [1.82, 2.24) is 0 Å². The monoisotopic (exact) mass is 249 g/mol. The van der Waals surface area contributed by atoms with Crippen LogP contribution in [0.15, 0.2) is 18.2 Å². The third-order valence-electron chi connectivity index (χ3n) is 3.00. The van der Waals surface area contributed by atoms with E-state index in [-0.39, 0.29) is 13.2 Å². The summed E-state index contributed by atoms with van der Waals surface area (Å²) >= 11 is 0. The summed E-state index contributed by atoms with van der Waals surface area (Å²) in [5.41, 5.74) is 7.12. The van der Waals surface area contributed by atoms with Crippen molar-refractivity contribution in [2.75, 3.05) is 6.54 Å². The molecule has 1 aliphatic rings. The zero-order chi connectivity index (χ0) is 13.3. The molecule has 0 saturated carbocycles. The van der Waals surface area contributed by atoms with Crippen molar-refractivity contribution in [1.29, 1.82) is 0 Å². The molecule has 18 heavy (non-hydrogen) atoms. The molecule has 0 radical (unpaired) electrons. The van der Waals surface area contributed by atoms with Gasteiger partial charge < -0.3 is 20.1 Å². The fourth-order valence-corrected chi connectivity index (χ4v) is 2.08. The van der Waals surface area contributed by atoms with Crippen LogP contribution in [0.1, 0.15) is 25.0 Å². The number of fused-ring (bicyclic) bond motifs is 1. The molecule has 0 fully saturated rings. The summed E-state index contributed by atoms with van der Waals surface area (Å²) in [6.07, 6.45) is 0. The molecule has 1 aromatic rings. The van der Waals surface area contributed by atoms with E-state index in [9.17, 15) is 9.82 Å². The van der Waals surface area contributed by atoms with Crippen LogP contribution in [0, 0.1) is 0 Å². The summed E-state index contributed by atoms with van der Waals surface area (Å²) in [5, 5.41) is 9.82. The molecule has 0 spiro atoms. The van der Waals surface area contributed by atoms with Gasteiger partial charge in [0.1, 0.15) is 6.61 Å². The van der Waals surface area contributed by atoms with Gasteiger partial charge in [-0.3, -0.25) is 4.79 Å². The van der Waals surface area contributed by atoms with E-state index in [1.807, 2.05) is 26.0 Å². The molecule has 1 aliphatic heterocycles. The van der Waals surface area contributed by atoms with E-state index in [2.05, 4.69) is 0 Å². The molecular weight excluding hydrogens is 233 g/mol. The number of nitrogens with two attached hydrogens (primary N) is 1. The first-order chi connectivity index (χ1) is 8.44. The predicted molar refractivity (Wildman–Crippen MR) is 67.0 cm³/mol. The van der Waals surface area contributed by atoms with Crippen LogP contribution in [0.4, 0.5) is 0 Å². The van der Waals surface area contributed by atoms with Crippen LogP contribution in [-0.2, 0) is 26.4 Å². The fourth-order valence-electron chi connectivity index (χ4n) is 2.08.